The number of fused-ring (bicyclic) bond motifs is 4. The number of aromatic nitrogens is 16. The Hall–Kier alpha value is -15.2. The number of pyridine rings is 4. The number of nitrogen functional groups attached to an aromatic ring is 1. The second-order valence-electron chi connectivity index (χ2n) is 33.1. The fraction of sp³-hybridized carbons (Fsp3) is 0.378. The minimum absolute atomic E-state index is 0.00654. The van der Waals surface area contributed by atoms with E-state index in [1.54, 1.807) is 41.5 Å². The van der Waals surface area contributed by atoms with Crippen LogP contribution in [0.15, 0.2) is 89.1 Å². The minimum Gasteiger partial charge on any atom is -0.465 e. The highest BCUT2D eigenvalue weighted by Gasteiger charge is 2.48. The topological polar surface area (TPSA) is 456 Å². The van der Waals surface area contributed by atoms with Crippen LogP contribution in [-0.4, -0.2) is 201 Å². The molecule has 0 spiro atoms. The summed E-state index contributed by atoms with van der Waals surface area (Å²) < 4.78 is 322. The fourth-order valence-corrected chi connectivity index (χ4v) is 13.1. The smallest absolute Gasteiger partial charge is 0.434 e. The summed E-state index contributed by atoms with van der Waals surface area (Å²) >= 11 is 0. The van der Waals surface area contributed by atoms with E-state index in [4.69, 9.17) is 15.2 Å². The lowest BCUT2D eigenvalue weighted by molar-refractivity contribution is -0.143. The van der Waals surface area contributed by atoms with E-state index in [0.29, 0.717) is 45.6 Å². The van der Waals surface area contributed by atoms with E-state index in [1.807, 2.05) is 4.98 Å². The predicted molar refractivity (Wildman–Crippen MR) is 446 cm³/mol. The molecule has 2 aliphatic rings. The number of morpholine rings is 2. The number of nitrogens with one attached hydrogen (secondary N) is 5. The third-order valence-electron chi connectivity index (χ3n) is 20.0. The summed E-state index contributed by atoms with van der Waals surface area (Å²) in [6.45, 7) is 15.5. The highest BCUT2D eigenvalue weighted by molar-refractivity contribution is 5.98. The highest BCUT2D eigenvalue weighted by atomic mass is 19.4. The van der Waals surface area contributed by atoms with Gasteiger partial charge in [-0.2, -0.15) is 92.2 Å². The number of halogens is 21. The van der Waals surface area contributed by atoms with Gasteiger partial charge in [-0.1, -0.05) is 62.3 Å². The Balaban J connectivity index is 0.000000179. The van der Waals surface area contributed by atoms with Crippen molar-refractivity contribution in [1.82, 2.24) is 78.3 Å². The van der Waals surface area contributed by atoms with Gasteiger partial charge in [0, 0.05) is 84.5 Å². The molecule has 0 bridgehead atoms. The van der Waals surface area contributed by atoms with Gasteiger partial charge in [-0.25, -0.2) is 67.1 Å². The number of aromatic amines is 2. The summed E-state index contributed by atoms with van der Waals surface area (Å²) in [5.74, 6) is -11.2. The lowest BCUT2D eigenvalue weighted by Gasteiger charge is -2.28. The Labute approximate surface area is 770 Å². The van der Waals surface area contributed by atoms with Crippen molar-refractivity contribution in [2.24, 2.45) is 16.2 Å². The molecule has 0 aliphatic carbocycles. The quantitative estimate of drug-likeness (QED) is 0.0355. The van der Waals surface area contributed by atoms with E-state index in [0.717, 1.165) is 63.7 Å². The number of hydrogen-bond acceptors (Lipinski definition) is 28. The van der Waals surface area contributed by atoms with Crippen LogP contribution in [0.4, 0.5) is 127 Å². The SMILES string of the molecule is COC(=O)c1cc2c(=O)[nH]c(-c3cnc(NC(=O)C(C)(C)C)cc3C(F)(F)F)nn2c1.COC(=O)c1cc2c(=O)[nH]c(-c3cnc(NC(=O)C(C)(C)C)cc3C(F)(F)F)nn2c1C(F)(F)F.COC(=O)c1cc2c(N3CCOCC3)nc(-c3cnc(N)cc3C(F)(F)F)nn2c1C(F)(F)F.COC(=O)c1cc2c(N3CCOCC3)nc(-c3cnc(NC(=O)C(C)(C)C)cc3C(F)(F)F)nn2c1C(F)(F)F. The number of esters is 4. The molecular weight excluding hydrogens is 1930 g/mol. The Morgan fingerprint density at radius 3 is 1.00 bits per heavy atom. The molecule has 58 heteroatoms. The fourth-order valence-electron chi connectivity index (χ4n) is 13.1. The van der Waals surface area contributed by atoms with Crippen LogP contribution in [0.1, 0.15) is 143 Å². The maximum absolute atomic E-state index is 14.2. The van der Waals surface area contributed by atoms with E-state index in [-0.39, 0.29) is 96.7 Å². The molecule has 0 saturated carbocycles. The van der Waals surface area contributed by atoms with Crippen LogP contribution < -0.4 is 42.6 Å². The molecule has 0 radical (unpaired) electrons. The third kappa shape index (κ3) is 23.1. The zero-order valence-corrected chi connectivity index (χ0v) is 74.5. The molecule has 7 N–H and O–H groups in total. The van der Waals surface area contributed by atoms with Crippen molar-refractivity contribution in [3.63, 3.8) is 0 Å². The van der Waals surface area contributed by atoms with Crippen LogP contribution in [0.25, 0.3) is 67.6 Å². The van der Waals surface area contributed by atoms with Gasteiger partial charge in [-0.05, 0) is 48.5 Å². The Kier molecular flexibility index (Phi) is 29.3. The number of carbonyl (C=O) groups is 7. The third-order valence-corrected chi connectivity index (χ3v) is 20.0. The van der Waals surface area contributed by atoms with Crippen LogP contribution in [0.2, 0.25) is 0 Å². The normalized spacial score (nSPS) is 13.8. The maximum atomic E-state index is 14.2. The van der Waals surface area contributed by atoms with Crippen molar-refractivity contribution in [1.29, 1.82) is 0 Å². The number of H-pyrrole nitrogens is 2. The van der Waals surface area contributed by atoms with Crippen molar-refractivity contribution in [3.05, 3.63) is 162 Å². The molecule has 14 rings (SSSR count). The number of ether oxygens (including phenoxy) is 6. The van der Waals surface area contributed by atoms with E-state index in [1.165, 1.54) is 42.8 Å². The summed E-state index contributed by atoms with van der Waals surface area (Å²) in [7, 11) is 3.76. The minimum atomic E-state index is -5.22. The van der Waals surface area contributed by atoms with Gasteiger partial charge in [-0.3, -0.25) is 24.0 Å². The molecule has 140 heavy (non-hydrogen) atoms. The molecule has 0 atom stereocenters. The second-order valence-corrected chi connectivity index (χ2v) is 33.1. The average molecular weight is 2010 g/mol. The first-order chi connectivity index (χ1) is 64.7. The predicted octanol–water partition coefficient (Wildman–Crippen LogP) is 14.2. The Morgan fingerprint density at radius 1 is 0.371 bits per heavy atom. The van der Waals surface area contributed by atoms with Crippen molar-refractivity contribution < 1.29 is 154 Å². The van der Waals surface area contributed by atoms with Gasteiger partial charge < -0.3 is 69.9 Å². The lowest BCUT2D eigenvalue weighted by Crippen LogP contribution is -2.37. The number of carbonyl (C=O) groups excluding carboxylic acids is 7. The molecule has 0 unspecified atom stereocenters. The number of rotatable bonds is 13. The molecule has 750 valence electrons. The Bertz CT molecular complexity index is 6960. The first-order valence-electron chi connectivity index (χ1n) is 40.1. The largest absolute Gasteiger partial charge is 0.465 e. The standard InChI is InChI=1S/C24H24F6N6O4.C20H17F6N5O4.C19H16F6N6O3.C19H18F3N5O4/c1-22(2,3)21(38)32-16-10-14(23(25,26)27)13(11-31-16)18-33-19(35-5-7-40-8-6-35)15-9-12(20(37)39-4)17(24(28,29)30)36(15)34-18;1-18(2,3)17(34)28-12-6-10(19(21,22)23)9(7-27-12)14-29-15(32)11-5-8(16(33)35-4)13(20(24,25)26)31(11)30-14;1-33-17(32)9-6-12-16(30-2-4-34-5-3-30)28-15(29-31(12)14(9)19(23,24)25)10-8-27-13(26)7-11(10)18(20,21)22;1-18(2,3)17(30)24-13-6-11(19(20,21)22)10(7-23-13)14-25-15(28)12-5-9(16(29)31-4)8-27(12)26-14/h9-11H,5-8H2,1-4H3,(H,31,32,38);5-7H,1-4H3,(H,27,28,34)(H,29,30,32);6-8H,2-5H2,1H3,(H2,26,27);5-8H,1-4H3,(H,23,24,30)(H,25,26,28). The zero-order valence-electron chi connectivity index (χ0n) is 74.5. The van der Waals surface area contributed by atoms with Crippen molar-refractivity contribution in [3.8, 4) is 45.6 Å². The molecule has 14 heterocycles. The van der Waals surface area contributed by atoms with Gasteiger partial charge in [0.2, 0.25) is 17.7 Å². The summed E-state index contributed by atoms with van der Waals surface area (Å²) in [6.07, 6.45) is -31.2. The van der Waals surface area contributed by atoms with Crippen LogP contribution in [0, 0.1) is 16.2 Å². The van der Waals surface area contributed by atoms with Gasteiger partial charge in [0.15, 0.2) is 52.0 Å². The number of methoxy groups -OCH3 is 4. The van der Waals surface area contributed by atoms with Gasteiger partial charge in [0.25, 0.3) is 11.1 Å². The Morgan fingerprint density at radius 2 is 0.671 bits per heavy atom. The van der Waals surface area contributed by atoms with E-state index in [2.05, 4.69) is 90.2 Å². The number of anilines is 6. The van der Waals surface area contributed by atoms with Crippen molar-refractivity contribution in [2.45, 2.75) is 106 Å². The molecule has 12 aromatic heterocycles. The van der Waals surface area contributed by atoms with Crippen LogP contribution >= 0.6 is 0 Å². The monoisotopic (exact) mass is 2010 g/mol. The number of nitrogens with two attached hydrogens (primary N) is 1. The zero-order chi connectivity index (χ0) is 104. The summed E-state index contributed by atoms with van der Waals surface area (Å²) in [4.78, 5) is 140. The average Bonchev–Trinajstić information content (AvgIpc) is 1.59. The van der Waals surface area contributed by atoms with E-state index >= 15 is 0 Å². The van der Waals surface area contributed by atoms with Gasteiger partial charge in [0.1, 0.15) is 45.3 Å². The van der Waals surface area contributed by atoms with Crippen molar-refractivity contribution in [2.75, 3.05) is 113 Å². The maximum Gasteiger partial charge on any atom is 0.434 e. The molecule has 2 fully saturated rings. The van der Waals surface area contributed by atoms with Crippen LogP contribution in [0.5, 0.6) is 0 Å². The van der Waals surface area contributed by atoms with Crippen LogP contribution in [-0.2, 0) is 86.0 Å². The van der Waals surface area contributed by atoms with Crippen molar-refractivity contribution >= 4 is 98.6 Å². The lowest BCUT2D eigenvalue weighted by atomic mass is 9.95. The number of amides is 3. The number of hydrogen-bond donors (Lipinski definition) is 6. The molecular formula is C82H75F21N22O15. The van der Waals surface area contributed by atoms with Gasteiger partial charge in [0.05, 0.1) is 111 Å². The molecule has 2 saturated heterocycles. The summed E-state index contributed by atoms with van der Waals surface area (Å²) in [5.41, 5.74) is -16.2. The first kappa shape index (κ1) is 105. The molecule has 2 aliphatic heterocycles. The molecule has 3 amide bonds. The molecule has 12 aromatic rings. The summed E-state index contributed by atoms with van der Waals surface area (Å²) in [5, 5.41) is 21.9. The number of alkyl halides is 21. The highest BCUT2D eigenvalue weighted by Crippen LogP contribution is 2.46. The first-order valence-corrected chi connectivity index (χ1v) is 40.1. The second kappa shape index (κ2) is 39.0. The van der Waals surface area contributed by atoms with Crippen LogP contribution in [0.3, 0.4) is 0 Å². The number of nitrogens with zero attached hydrogens (tertiary/aromatic N) is 16. The van der Waals surface area contributed by atoms with E-state index in [9.17, 15) is 135 Å². The summed E-state index contributed by atoms with van der Waals surface area (Å²) in [6, 6.07) is 5.78. The molecule has 37 nitrogen and oxygen atoms in total. The van der Waals surface area contributed by atoms with Gasteiger partial charge >= 0.3 is 67.1 Å². The van der Waals surface area contributed by atoms with E-state index < -0.39 is 237 Å². The molecule has 0 aromatic carbocycles. The van der Waals surface area contributed by atoms with Gasteiger partial charge in [-0.15, -0.1) is 20.4 Å².